The maximum Gasteiger partial charge on any atom is 0.251 e. The Kier molecular flexibility index (Phi) is 4.63. The lowest BCUT2D eigenvalue weighted by atomic mass is 10.1. The third-order valence-electron chi connectivity index (χ3n) is 2.17. The van der Waals surface area contributed by atoms with Gasteiger partial charge in [0.15, 0.2) is 0 Å². The van der Waals surface area contributed by atoms with Crippen LogP contribution >= 0.6 is 11.6 Å². The summed E-state index contributed by atoms with van der Waals surface area (Å²) in [7, 11) is 0. The van der Waals surface area contributed by atoms with Crippen LogP contribution in [0.4, 0.5) is 0 Å². The lowest BCUT2D eigenvalue weighted by Crippen LogP contribution is -2.28. The number of carbonyl (C=O) groups is 1. The highest BCUT2D eigenvalue weighted by Gasteiger charge is 2.05. The lowest BCUT2D eigenvalue weighted by Gasteiger charge is -2.06. The van der Waals surface area contributed by atoms with Crippen molar-refractivity contribution >= 4 is 17.5 Å². The second kappa shape index (κ2) is 5.76. The van der Waals surface area contributed by atoms with Gasteiger partial charge in [0.2, 0.25) is 0 Å². The van der Waals surface area contributed by atoms with E-state index < -0.39 is 0 Å². The zero-order chi connectivity index (χ0) is 11.3. The Morgan fingerprint density at radius 1 is 1.40 bits per heavy atom. The number of carbonyl (C=O) groups excluding carboxylic acids is 1. The number of benzene rings is 1. The number of hydrogen-bond donors (Lipinski definition) is 1. The summed E-state index contributed by atoms with van der Waals surface area (Å²) in [4.78, 5) is 11.6. The van der Waals surface area contributed by atoms with Crippen molar-refractivity contribution in [2.75, 3.05) is 6.54 Å². The number of alkyl halides is 1. The Labute approximate surface area is 95.6 Å². The molecule has 0 aliphatic rings. The molecule has 0 radical (unpaired) electrons. The third kappa shape index (κ3) is 3.92. The van der Waals surface area contributed by atoms with Crippen LogP contribution in [-0.4, -0.2) is 17.8 Å². The summed E-state index contributed by atoms with van der Waals surface area (Å²) in [6.07, 6.45) is 0.987. The number of rotatable bonds is 4. The van der Waals surface area contributed by atoms with Crippen molar-refractivity contribution in [3.63, 3.8) is 0 Å². The van der Waals surface area contributed by atoms with Gasteiger partial charge in [-0.3, -0.25) is 4.79 Å². The minimum atomic E-state index is -0.0647. The van der Waals surface area contributed by atoms with E-state index in [9.17, 15) is 4.79 Å². The molecule has 0 aliphatic heterocycles. The van der Waals surface area contributed by atoms with Crippen molar-refractivity contribution in [2.45, 2.75) is 25.6 Å². The normalized spacial score (nSPS) is 12.2. The molecule has 1 unspecified atom stereocenters. The van der Waals surface area contributed by atoms with Gasteiger partial charge in [-0.25, -0.2) is 0 Å². The Morgan fingerprint density at radius 2 is 2.00 bits per heavy atom. The first-order chi connectivity index (χ1) is 7.13. The van der Waals surface area contributed by atoms with E-state index in [-0.39, 0.29) is 11.3 Å². The van der Waals surface area contributed by atoms with Gasteiger partial charge in [-0.2, -0.15) is 0 Å². The summed E-state index contributed by atoms with van der Waals surface area (Å²) in [5.41, 5.74) is 1.92. The largest absolute Gasteiger partial charge is 0.351 e. The van der Waals surface area contributed by atoms with Crippen LogP contribution in [0.2, 0.25) is 0 Å². The molecule has 1 aromatic rings. The van der Waals surface area contributed by atoms with E-state index in [1.807, 2.05) is 31.2 Å². The summed E-state index contributed by atoms with van der Waals surface area (Å²) in [6, 6.07) is 7.62. The summed E-state index contributed by atoms with van der Waals surface area (Å²) < 4.78 is 0. The summed E-state index contributed by atoms with van der Waals surface area (Å²) in [5.74, 6) is -0.0647. The van der Waals surface area contributed by atoms with Gasteiger partial charge >= 0.3 is 0 Å². The van der Waals surface area contributed by atoms with Gasteiger partial charge in [0.05, 0.1) is 0 Å². The molecular formula is C12H16ClNO. The minimum Gasteiger partial charge on any atom is -0.351 e. The van der Waals surface area contributed by atoms with E-state index in [0.717, 1.165) is 6.42 Å². The first-order valence-electron chi connectivity index (χ1n) is 5.14. The molecule has 82 valence electrons. The van der Waals surface area contributed by atoms with E-state index in [4.69, 9.17) is 11.6 Å². The van der Waals surface area contributed by atoms with Gasteiger partial charge in [-0.1, -0.05) is 19.1 Å². The second-order valence-corrected chi connectivity index (χ2v) is 4.29. The van der Waals surface area contributed by atoms with Crippen LogP contribution in [0.1, 0.15) is 29.8 Å². The van der Waals surface area contributed by atoms with E-state index in [1.165, 1.54) is 5.56 Å². The molecule has 0 fully saturated rings. The SMILES string of the molecule is CCc1ccc(C(=O)NCC(C)Cl)cc1. The van der Waals surface area contributed by atoms with Crippen molar-refractivity contribution in [2.24, 2.45) is 0 Å². The molecule has 1 atom stereocenters. The Morgan fingerprint density at radius 3 is 2.47 bits per heavy atom. The van der Waals surface area contributed by atoms with Crippen molar-refractivity contribution in [1.82, 2.24) is 5.32 Å². The lowest BCUT2D eigenvalue weighted by molar-refractivity contribution is 0.0954. The van der Waals surface area contributed by atoms with Crippen LogP contribution in [-0.2, 0) is 6.42 Å². The summed E-state index contributed by atoms with van der Waals surface area (Å²) >= 11 is 5.74. The van der Waals surface area contributed by atoms with Crippen molar-refractivity contribution < 1.29 is 4.79 Å². The van der Waals surface area contributed by atoms with E-state index in [1.54, 1.807) is 0 Å². The van der Waals surface area contributed by atoms with Crippen LogP contribution in [0.25, 0.3) is 0 Å². The zero-order valence-electron chi connectivity index (χ0n) is 9.09. The fourth-order valence-corrected chi connectivity index (χ4v) is 1.30. The molecule has 15 heavy (non-hydrogen) atoms. The highest BCUT2D eigenvalue weighted by molar-refractivity contribution is 6.20. The highest BCUT2D eigenvalue weighted by Crippen LogP contribution is 2.05. The van der Waals surface area contributed by atoms with Gasteiger partial charge in [0.1, 0.15) is 0 Å². The average Bonchev–Trinajstić information content (AvgIpc) is 2.26. The number of hydrogen-bond acceptors (Lipinski definition) is 1. The minimum absolute atomic E-state index is 0.0381. The molecule has 0 spiro atoms. The number of halogens is 1. The fourth-order valence-electron chi connectivity index (χ4n) is 1.23. The molecule has 2 nitrogen and oxygen atoms in total. The van der Waals surface area contributed by atoms with Gasteiger partial charge in [0.25, 0.3) is 5.91 Å². The highest BCUT2D eigenvalue weighted by atomic mass is 35.5. The predicted molar refractivity (Wildman–Crippen MR) is 63.5 cm³/mol. The Hall–Kier alpha value is -1.02. The van der Waals surface area contributed by atoms with Crippen molar-refractivity contribution in [1.29, 1.82) is 0 Å². The Bertz CT molecular complexity index is 319. The molecule has 0 saturated carbocycles. The van der Waals surface area contributed by atoms with E-state index >= 15 is 0 Å². The molecular weight excluding hydrogens is 210 g/mol. The van der Waals surface area contributed by atoms with Gasteiger partial charge in [0, 0.05) is 17.5 Å². The van der Waals surface area contributed by atoms with E-state index in [2.05, 4.69) is 12.2 Å². The topological polar surface area (TPSA) is 29.1 Å². The standard InChI is InChI=1S/C12H16ClNO/c1-3-10-4-6-11(7-5-10)12(15)14-8-9(2)13/h4-7,9H,3,8H2,1-2H3,(H,14,15). The first kappa shape index (κ1) is 12.1. The monoisotopic (exact) mass is 225 g/mol. The molecule has 0 saturated heterocycles. The summed E-state index contributed by atoms with van der Waals surface area (Å²) in [6.45, 7) is 4.43. The average molecular weight is 226 g/mol. The van der Waals surface area contributed by atoms with Crippen LogP contribution in [0.3, 0.4) is 0 Å². The van der Waals surface area contributed by atoms with Gasteiger partial charge < -0.3 is 5.32 Å². The Balaban J connectivity index is 2.58. The summed E-state index contributed by atoms with van der Waals surface area (Å²) in [5, 5.41) is 2.73. The molecule has 0 aromatic heterocycles. The van der Waals surface area contributed by atoms with Gasteiger partial charge in [-0.05, 0) is 31.0 Å². The second-order valence-electron chi connectivity index (χ2n) is 3.54. The number of nitrogens with one attached hydrogen (secondary N) is 1. The zero-order valence-corrected chi connectivity index (χ0v) is 9.84. The van der Waals surface area contributed by atoms with Gasteiger partial charge in [-0.15, -0.1) is 11.6 Å². The predicted octanol–water partition coefficient (Wildman–Crippen LogP) is 2.61. The first-order valence-corrected chi connectivity index (χ1v) is 5.58. The quantitative estimate of drug-likeness (QED) is 0.785. The molecule has 3 heteroatoms. The molecule has 1 amide bonds. The maximum atomic E-state index is 11.6. The number of amides is 1. The van der Waals surface area contributed by atoms with E-state index in [0.29, 0.717) is 12.1 Å². The van der Waals surface area contributed by atoms with Crippen molar-refractivity contribution in [3.8, 4) is 0 Å². The number of aryl methyl sites for hydroxylation is 1. The van der Waals surface area contributed by atoms with Crippen LogP contribution < -0.4 is 5.32 Å². The molecule has 1 N–H and O–H groups in total. The van der Waals surface area contributed by atoms with Crippen LogP contribution in [0.15, 0.2) is 24.3 Å². The molecule has 1 aromatic carbocycles. The molecule has 0 aliphatic carbocycles. The maximum absolute atomic E-state index is 11.6. The smallest absolute Gasteiger partial charge is 0.251 e. The van der Waals surface area contributed by atoms with Crippen molar-refractivity contribution in [3.05, 3.63) is 35.4 Å². The molecule has 0 bridgehead atoms. The van der Waals surface area contributed by atoms with Crippen LogP contribution in [0, 0.1) is 0 Å². The molecule has 0 heterocycles. The fraction of sp³-hybridized carbons (Fsp3) is 0.417. The van der Waals surface area contributed by atoms with Crippen LogP contribution in [0.5, 0.6) is 0 Å². The molecule has 1 rings (SSSR count). The third-order valence-corrected chi connectivity index (χ3v) is 2.32.